The van der Waals surface area contributed by atoms with Gasteiger partial charge in [0.25, 0.3) is 11.8 Å². The quantitative estimate of drug-likeness (QED) is 0.162. The lowest BCUT2D eigenvalue weighted by Gasteiger charge is -2.49. The number of aliphatic carboxylic acids is 1. The highest BCUT2D eigenvalue weighted by Crippen LogP contribution is 2.40. The maximum atomic E-state index is 13.2. The van der Waals surface area contributed by atoms with Crippen LogP contribution < -0.4 is 10.6 Å². The molecule has 2 atom stereocenters. The Morgan fingerprint density at radius 1 is 1.25 bits per heavy atom. The van der Waals surface area contributed by atoms with Gasteiger partial charge in [-0.15, -0.1) is 23.1 Å². The van der Waals surface area contributed by atoms with E-state index in [9.17, 15) is 42.3 Å². The number of hydrogen-bond donors (Lipinski definition) is 3. The number of fused-ring (bicyclic) bond motifs is 1. The van der Waals surface area contributed by atoms with E-state index in [1.165, 1.54) is 5.38 Å². The molecule has 3 N–H and O–H groups in total. The van der Waals surface area contributed by atoms with Gasteiger partial charge in [-0.1, -0.05) is 5.16 Å². The van der Waals surface area contributed by atoms with Crippen LogP contribution in [0.3, 0.4) is 0 Å². The molecule has 4 rings (SSSR count). The fourth-order valence-electron chi connectivity index (χ4n) is 4.13. The first-order chi connectivity index (χ1) is 18.9. The van der Waals surface area contributed by atoms with Crippen molar-refractivity contribution in [2.24, 2.45) is 5.16 Å². The normalized spacial score (nSPS) is 21.4. The number of oxime groups is 1. The predicted octanol–water partition coefficient (Wildman–Crippen LogP) is 1.61. The number of thiazole rings is 1. The first-order valence-electron chi connectivity index (χ1n) is 11.8. The van der Waals surface area contributed by atoms with Crippen molar-refractivity contribution in [2.75, 3.05) is 17.7 Å². The first-order valence-corrected chi connectivity index (χ1v) is 13.7. The second-order valence-electron chi connectivity index (χ2n) is 8.84. The van der Waals surface area contributed by atoms with Crippen molar-refractivity contribution in [1.29, 1.82) is 0 Å². The van der Waals surface area contributed by atoms with Crippen LogP contribution in [0.4, 0.5) is 18.3 Å². The van der Waals surface area contributed by atoms with Crippen molar-refractivity contribution in [3.63, 3.8) is 0 Å². The Bertz CT molecular complexity index is 1290. The molecule has 1 aliphatic carbocycles. The van der Waals surface area contributed by atoms with Gasteiger partial charge < -0.3 is 20.0 Å². The molecule has 0 spiro atoms. The summed E-state index contributed by atoms with van der Waals surface area (Å²) in [7, 11) is 0. The van der Waals surface area contributed by atoms with Crippen LogP contribution in [0.5, 0.6) is 0 Å². The van der Waals surface area contributed by atoms with Crippen molar-refractivity contribution in [1.82, 2.24) is 15.2 Å². The van der Waals surface area contributed by atoms with Crippen LogP contribution in [0, 0.1) is 0 Å². The highest BCUT2D eigenvalue weighted by atomic mass is 32.2. The van der Waals surface area contributed by atoms with Crippen LogP contribution >= 0.6 is 23.1 Å². The lowest BCUT2D eigenvalue weighted by atomic mass is 10.0. The lowest BCUT2D eigenvalue weighted by molar-refractivity contribution is -0.167. The van der Waals surface area contributed by atoms with Gasteiger partial charge in [-0.25, -0.2) is 9.78 Å². The molecule has 40 heavy (non-hydrogen) atoms. The minimum Gasteiger partial charge on any atom is -0.477 e. The van der Waals surface area contributed by atoms with E-state index in [0.29, 0.717) is 24.2 Å². The molecule has 1 saturated carbocycles. The van der Waals surface area contributed by atoms with Gasteiger partial charge in [0.05, 0.1) is 0 Å². The summed E-state index contributed by atoms with van der Waals surface area (Å²) in [5.74, 6) is -5.86. The summed E-state index contributed by atoms with van der Waals surface area (Å²) in [6.45, 7) is 0.842. The zero-order valence-corrected chi connectivity index (χ0v) is 22.3. The molecule has 0 unspecified atom stereocenters. The number of carboxylic acids is 1. The zero-order chi connectivity index (χ0) is 29.2. The Labute approximate surface area is 232 Å². The molecule has 2 fully saturated rings. The van der Waals surface area contributed by atoms with Crippen LogP contribution in [-0.2, 0) is 33.5 Å². The van der Waals surface area contributed by atoms with Crippen molar-refractivity contribution < 1.29 is 51.8 Å². The molecule has 2 aliphatic heterocycles. The van der Waals surface area contributed by atoms with Crippen LogP contribution in [0.15, 0.2) is 21.8 Å². The molecule has 13 nitrogen and oxygen atoms in total. The van der Waals surface area contributed by atoms with E-state index >= 15 is 0 Å². The van der Waals surface area contributed by atoms with E-state index in [-0.39, 0.29) is 35.4 Å². The highest BCUT2D eigenvalue weighted by Gasteiger charge is 2.54. The van der Waals surface area contributed by atoms with Gasteiger partial charge in [-0.3, -0.25) is 29.4 Å². The Hall–Kier alpha value is -3.67. The lowest BCUT2D eigenvalue weighted by Crippen LogP contribution is -2.71. The zero-order valence-electron chi connectivity index (χ0n) is 20.6. The number of hydrogen-bond acceptors (Lipinski definition) is 11. The maximum Gasteiger partial charge on any atom is 0.471 e. The number of ether oxygens (including phenoxy) is 1. The Kier molecular flexibility index (Phi) is 8.67. The molecule has 3 amide bonds. The second-order valence-corrected chi connectivity index (χ2v) is 10.8. The number of alkyl halides is 3. The van der Waals surface area contributed by atoms with Crippen LogP contribution in [0.25, 0.3) is 0 Å². The minimum atomic E-state index is -5.15. The molecule has 1 aromatic rings. The summed E-state index contributed by atoms with van der Waals surface area (Å²) >= 11 is 1.76. The molecule has 0 aromatic carbocycles. The molecule has 0 radical (unpaired) electrons. The Morgan fingerprint density at radius 3 is 2.58 bits per heavy atom. The average molecular weight is 606 g/mol. The van der Waals surface area contributed by atoms with Gasteiger partial charge in [0.1, 0.15) is 35.5 Å². The smallest absolute Gasteiger partial charge is 0.471 e. The first kappa shape index (κ1) is 29.3. The minimum absolute atomic E-state index is 0.107. The highest BCUT2D eigenvalue weighted by molar-refractivity contribution is 8.00. The van der Waals surface area contributed by atoms with Crippen molar-refractivity contribution in [3.8, 4) is 0 Å². The second kappa shape index (κ2) is 11.8. The number of thioether (sulfide) groups is 1. The number of carbonyl (C=O) groups excluding carboxylic acids is 4. The average Bonchev–Trinajstić information content (AvgIpc) is 3.57. The number of nitrogens with zero attached hydrogens (tertiary/aromatic N) is 3. The third kappa shape index (κ3) is 6.38. The number of amides is 3. The van der Waals surface area contributed by atoms with Crippen molar-refractivity contribution in [3.05, 3.63) is 22.3 Å². The number of carboxylic acid groups (broad SMARTS) is 1. The summed E-state index contributed by atoms with van der Waals surface area (Å²) in [6, 6.07) is -1.16. The standard InChI is InChI=1S/C22H22F3N5O8S2/c1-9(31)37-6-10-7-39-18-14(17(33)30(18)15(10)19(34)35)27-16(32)13(29-38-11-4-2-3-5-11)12-8-40-21(26-12)28-20(36)22(23,24)25/h8,11,14,18H,2-7H2,1H3,(H,27,32)(H,34,35)(H,26,28,36)/t14-,18-/m1/s1. The molecule has 18 heteroatoms. The molecular formula is C22H22F3N5O8S2. The van der Waals surface area contributed by atoms with E-state index < -0.39 is 58.1 Å². The van der Waals surface area contributed by atoms with E-state index in [1.54, 1.807) is 5.32 Å². The van der Waals surface area contributed by atoms with E-state index in [2.05, 4.69) is 15.5 Å². The number of β-lactam (4-membered cyclic amide) rings is 1. The van der Waals surface area contributed by atoms with E-state index in [4.69, 9.17) is 9.57 Å². The third-order valence-corrected chi connectivity index (χ3v) is 8.12. The van der Waals surface area contributed by atoms with E-state index in [0.717, 1.165) is 36.4 Å². The summed E-state index contributed by atoms with van der Waals surface area (Å²) in [5, 5.41) is 17.6. The number of esters is 1. The van der Waals surface area contributed by atoms with E-state index in [1.807, 2.05) is 0 Å². The molecule has 0 bridgehead atoms. The van der Waals surface area contributed by atoms with Gasteiger partial charge in [0.2, 0.25) is 0 Å². The molecule has 1 aromatic heterocycles. The third-order valence-electron chi connectivity index (χ3n) is 6.02. The molecule has 216 valence electrons. The number of aromatic nitrogens is 1. The number of nitrogens with one attached hydrogen (secondary N) is 2. The number of rotatable bonds is 9. The van der Waals surface area contributed by atoms with Crippen molar-refractivity contribution >= 4 is 63.6 Å². The number of halogens is 3. The summed E-state index contributed by atoms with van der Waals surface area (Å²) in [5.41, 5.74) is -0.770. The van der Waals surface area contributed by atoms with Gasteiger partial charge in [-0.2, -0.15) is 13.2 Å². The number of anilines is 1. The monoisotopic (exact) mass is 605 g/mol. The van der Waals surface area contributed by atoms with Crippen LogP contribution in [0.1, 0.15) is 38.3 Å². The van der Waals surface area contributed by atoms with Crippen LogP contribution in [0.2, 0.25) is 0 Å². The Morgan fingerprint density at radius 2 is 1.95 bits per heavy atom. The molecule has 1 saturated heterocycles. The fraction of sp³-hybridized carbons (Fsp3) is 0.500. The fourth-order valence-corrected chi connectivity index (χ4v) is 6.14. The predicted molar refractivity (Wildman–Crippen MR) is 133 cm³/mol. The number of carbonyl (C=O) groups is 5. The SMILES string of the molecule is CC(=O)OCC1=C(C(=O)O)N2C(=O)[C@@H](NC(=O)C(=NOC3CCCC3)c3csc(NC(=O)C(F)(F)F)n3)[C@H]2SC1. The molecular weight excluding hydrogens is 583 g/mol. The molecule has 3 aliphatic rings. The summed E-state index contributed by atoms with van der Waals surface area (Å²) < 4.78 is 42.7. The van der Waals surface area contributed by atoms with Gasteiger partial charge in [-0.05, 0) is 25.7 Å². The van der Waals surface area contributed by atoms with Gasteiger partial charge >= 0.3 is 24.0 Å². The topological polar surface area (TPSA) is 177 Å². The van der Waals surface area contributed by atoms with Gasteiger partial charge in [0, 0.05) is 23.6 Å². The van der Waals surface area contributed by atoms with Crippen molar-refractivity contribution in [2.45, 2.75) is 56.3 Å². The van der Waals surface area contributed by atoms with Crippen LogP contribution in [-0.4, -0.2) is 86.4 Å². The summed E-state index contributed by atoms with van der Waals surface area (Å²) in [4.78, 5) is 70.8. The largest absolute Gasteiger partial charge is 0.477 e. The Balaban J connectivity index is 1.52. The maximum absolute atomic E-state index is 13.2. The molecule has 3 heterocycles. The van der Waals surface area contributed by atoms with Gasteiger partial charge in [0.15, 0.2) is 10.8 Å². The summed E-state index contributed by atoms with van der Waals surface area (Å²) in [6.07, 6.45) is -2.32.